The van der Waals surface area contributed by atoms with Crippen LogP contribution in [0.25, 0.3) is 0 Å². The van der Waals surface area contributed by atoms with E-state index in [1.165, 1.54) is 33.8 Å². The number of hydrogen-bond donors (Lipinski definition) is 4. The maximum absolute atomic E-state index is 12.2. The van der Waals surface area contributed by atoms with E-state index in [4.69, 9.17) is 9.47 Å². The molecule has 0 aromatic heterocycles. The van der Waals surface area contributed by atoms with Crippen LogP contribution in [-0.2, 0) is 19.1 Å². The number of unbranched alkanes of at least 4 members (excludes halogenated alkanes) is 1. The molecule has 4 N–H and O–H groups in total. The van der Waals surface area contributed by atoms with E-state index in [2.05, 4.69) is 0 Å². The monoisotopic (exact) mass is 402 g/mol. The van der Waals surface area contributed by atoms with E-state index in [1.807, 2.05) is 6.92 Å². The quantitative estimate of drug-likeness (QED) is 0.377. The van der Waals surface area contributed by atoms with Gasteiger partial charge in [-0.1, -0.05) is 26.7 Å². The smallest absolute Gasteiger partial charge is 0.330 e. The van der Waals surface area contributed by atoms with Crippen molar-refractivity contribution in [3.63, 3.8) is 0 Å². The van der Waals surface area contributed by atoms with E-state index in [9.17, 15) is 30.0 Å². The molecule has 162 valence electrons. The highest BCUT2D eigenvalue weighted by Crippen LogP contribution is 2.32. The van der Waals surface area contributed by atoms with Crippen LogP contribution in [0.2, 0.25) is 0 Å². The first-order valence-electron chi connectivity index (χ1n) is 9.79. The average Bonchev–Trinajstić information content (AvgIpc) is 2.66. The molecule has 8 heteroatoms. The van der Waals surface area contributed by atoms with Gasteiger partial charge in [-0.25, -0.2) is 4.79 Å². The van der Waals surface area contributed by atoms with Gasteiger partial charge in [0.15, 0.2) is 0 Å². The van der Waals surface area contributed by atoms with E-state index in [1.54, 1.807) is 0 Å². The third-order valence-corrected chi connectivity index (χ3v) is 5.38. The second-order valence-corrected chi connectivity index (χ2v) is 7.88. The van der Waals surface area contributed by atoms with Crippen LogP contribution in [0, 0.1) is 11.8 Å². The molecule has 0 aromatic carbocycles. The van der Waals surface area contributed by atoms with Crippen LogP contribution in [0.5, 0.6) is 0 Å². The lowest BCUT2D eigenvalue weighted by atomic mass is 9.78. The Morgan fingerprint density at radius 2 is 1.89 bits per heavy atom. The van der Waals surface area contributed by atoms with Crippen LogP contribution in [0.15, 0.2) is 12.2 Å². The molecular formula is C20H34O8. The molecule has 0 saturated carbocycles. The lowest BCUT2D eigenvalue weighted by molar-refractivity contribution is -0.180. The number of esters is 2. The van der Waals surface area contributed by atoms with E-state index >= 15 is 0 Å². The Bertz CT molecular complexity index is 558. The van der Waals surface area contributed by atoms with Crippen molar-refractivity contribution < 1.29 is 39.5 Å². The highest BCUT2D eigenvalue weighted by atomic mass is 16.6. The maximum Gasteiger partial charge on any atom is 0.330 e. The lowest BCUT2D eigenvalue weighted by Crippen LogP contribution is -2.57. The molecular weight excluding hydrogens is 368 g/mol. The van der Waals surface area contributed by atoms with Crippen molar-refractivity contribution in [1.29, 1.82) is 0 Å². The van der Waals surface area contributed by atoms with Crippen molar-refractivity contribution >= 4 is 11.9 Å². The van der Waals surface area contributed by atoms with Gasteiger partial charge in [0.25, 0.3) is 0 Å². The molecule has 28 heavy (non-hydrogen) atoms. The molecule has 1 saturated heterocycles. The number of rotatable bonds is 6. The zero-order valence-corrected chi connectivity index (χ0v) is 17.2. The number of hydrogen-bond acceptors (Lipinski definition) is 8. The molecule has 0 amide bonds. The van der Waals surface area contributed by atoms with E-state index in [0.29, 0.717) is 6.42 Å². The van der Waals surface area contributed by atoms with E-state index in [0.717, 1.165) is 18.9 Å². The first kappa shape index (κ1) is 24.6. The molecule has 1 aliphatic rings. The first-order chi connectivity index (χ1) is 12.9. The van der Waals surface area contributed by atoms with Gasteiger partial charge in [-0.3, -0.25) is 4.79 Å². The summed E-state index contributed by atoms with van der Waals surface area (Å²) in [5.41, 5.74) is -2.02. The summed E-state index contributed by atoms with van der Waals surface area (Å²) < 4.78 is 10.7. The molecule has 0 aromatic rings. The molecule has 0 aliphatic carbocycles. The number of cyclic esters (lactones) is 1. The fourth-order valence-electron chi connectivity index (χ4n) is 3.38. The van der Waals surface area contributed by atoms with Gasteiger partial charge in [0.2, 0.25) is 0 Å². The summed E-state index contributed by atoms with van der Waals surface area (Å²) in [5, 5.41) is 41.3. The largest absolute Gasteiger partial charge is 0.458 e. The Labute approximate surface area is 166 Å². The van der Waals surface area contributed by atoms with Crippen LogP contribution in [0.1, 0.15) is 53.9 Å². The molecule has 0 spiro atoms. The van der Waals surface area contributed by atoms with Gasteiger partial charge in [-0.2, -0.15) is 0 Å². The topological polar surface area (TPSA) is 134 Å². The van der Waals surface area contributed by atoms with Gasteiger partial charge in [-0.15, -0.1) is 0 Å². The van der Waals surface area contributed by atoms with Crippen LogP contribution < -0.4 is 0 Å². The fraction of sp³-hybridized carbons (Fsp3) is 0.800. The minimum absolute atomic E-state index is 0.519. The minimum Gasteiger partial charge on any atom is -0.458 e. The molecule has 8 nitrogen and oxygen atoms in total. The summed E-state index contributed by atoms with van der Waals surface area (Å²) in [7, 11) is 0. The summed E-state index contributed by atoms with van der Waals surface area (Å²) in [6, 6.07) is 0. The van der Waals surface area contributed by atoms with Gasteiger partial charge in [-0.05, 0) is 33.3 Å². The zero-order valence-electron chi connectivity index (χ0n) is 17.2. The number of aliphatic hydroxyl groups is 4. The molecule has 8 atom stereocenters. The van der Waals surface area contributed by atoms with Crippen molar-refractivity contribution in [2.75, 3.05) is 0 Å². The third-order valence-electron chi connectivity index (χ3n) is 5.38. The second-order valence-electron chi connectivity index (χ2n) is 7.88. The summed E-state index contributed by atoms with van der Waals surface area (Å²) >= 11 is 0. The third kappa shape index (κ3) is 6.01. The summed E-state index contributed by atoms with van der Waals surface area (Å²) in [6.07, 6.45) is -1.13. The summed E-state index contributed by atoms with van der Waals surface area (Å²) in [6.45, 7) is 7.64. The summed E-state index contributed by atoms with van der Waals surface area (Å²) in [5.74, 6) is -3.47. The standard InChI is InChI=1S/C20H34O8/c1-6-7-8-14(21)9-10-15(22)28-16-11(2)17(23)20(5,26)18(24)12(3)19(25)27-13(16)4/h9-14,16-18,21,23-24,26H,6-8H2,1-5H3/b10-9+/t11-,12-,13+,14?,16+,17+,18-,20-/m1/s1. The average molecular weight is 402 g/mol. The predicted octanol–water partition coefficient (Wildman–Crippen LogP) is 0.696. The van der Waals surface area contributed by atoms with Gasteiger partial charge >= 0.3 is 11.9 Å². The Hall–Kier alpha value is -1.48. The Balaban J connectivity index is 3.00. The van der Waals surface area contributed by atoms with Crippen molar-refractivity contribution in [1.82, 2.24) is 0 Å². The van der Waals surface area contributed by atoms with Gasteiger partial charge in [0.1, 0.15) is 17.8 Å². The van der Waals surface area contributed by atoms with Gasteiger partial charge in [0, 0.05) is 12.0 Å². The molecule has 0 bridgehead atoms. The molecule has 1 rings (SSSR count). The van der Waals surface area contributed by atoms with Gasteiger partial charge in [0.05, 0.1) is 24.2 Å². The predicted molar refractivity (Wildman–Crippen MR) is 101 cm³/mol. The number of carbonyl (C=O) groups is 2. The Kier molecular flexibility index (Phi) is 9.07. The first-order valence-corrected chi connectivity index (χ1v) is 9.79. The lowest BCUT2D eigenvalue weighted by Gasteiger charge is -2.39. The van der Waals surface area contributed by atoms with Crippen molar-refractivity contribution in [2.45, 2.75) is 90.0 Å². The van der Waals surface area contributed by atoms with Crippen LogP contribution in [0.4, 0.5) is 0 Å². The highest BCUT2D eigenvalue weighted by Gasteiger charge is 2.50. The van der Waals surface area contributed by atoms with Crippen LogP contribution in [-0.4, -0.2) is 68.5 Å². The van der Waals surface area contributed by atoms with E-state index in [-0.39, 0.29) is 0 Å². The van der Waals surface area contributed by atoms with Crippen LogP contribution in [0.3, 0.4) is 0 Å². The molecule has 1 aliphatic heterocycles. The van der Waals surface area contributed by atoms with E-state index < -0.39 is 59.9 Å². The molecule has 1 heterocycles. The minimum atomic E-state index is -2.02. The maximum atomic E-state index is 12.2. The summed E-state index contributed by atoms with van der Waals surface area (Å²) in [4.78, 5) is 24.4. The Morgan fingerprint density at radius 3 is 2.46 bits per heavy atom. The van der Waals surface area contributed by atoms with Gasteiger partial charge < -0.3 is 29.9 Å². The Morgan fingerprint density at radius 1 is 1.29 bits per heavy atom. The van der Waals surface area contributed by atoms with Crippen LogP contribution >= 0.6 is 0 Å². The molecule has 0 radical (unpaired) electrons. The van der Waals surface area contributed by atoms with Crippen molar-refractivity contribution in [3.8, 4) is 0 Å². The normalized spacial score (nSPS) is 38.2. The molecule has 1 unspecified atom stereocenters. The fourth-order valence-corrected chi connectivity index (χ4v) is 3.38. The number of aliphatic hydroxyl groups excluding tert-OH is 3. The van der Waals surface area contributed by atoms with Crippen molar-refractivity contribution in [2.24, 2.45) is 11.8 Å². The second kappa shape index (κ2) is 10.3. The zero-order chi connectivity index (χ0) is 21.6. The SMILES string of the molecule is CCCCC(O)/C=C/C(=O)O[C@H]1[C@@H](C)[C@H](O)[C@@](C)(O)[C@H](O)[C@@H](C)C(=O)O[C@H]1C. The molecule has 1 fully saturated rings. The number of ether oxygens (including phenoxy) is 2. The number of carbonyl (C=O) groups excluding carboxylic acids is 2. The van der Waals surface area contributed by atoms with Crippen molar-refractivity contribution in [3.05, 3.63) is 12.2 Å². The highest BCUT2D eigenvalue weighted by molar-refractivity contribution is 5.82.